The summed E-state index contributed by atoms with van der Waals surface area (Å²) in [6, 6.07) is 2.13. The molecule has 84 valence electrons. The van der Waals surface area contributed by atoms with E-state index >= 15 is 0 Å². The van der Waals surface area contributed by atoms with Crippen LogP contribution in [0.4, 0.5) is 0 Å². The van der Waals surface area contributed by atoms with Crippen molar-refractivity contribution < 1.29 is 0 Å². The fourth-order valence-electron chi connectivity index (χ4n) is 1.16. The first-order valence-corrected chi connectivity index (χ1v) is 7.19. The third-order valence-corrected chi connectivity index (χ3v) is 3.89. The van der Waals surface area contributed by atoms with Crippen molar-refractivity contribution in [3.63, 3.8) is 0 Å². The normalized spacial score (nSPS) is 11.7. The number of hydrogen-bond donors (Lipinski definition) is 0. The lowest BCUT2D eigenvalue weighted by atomic mass is 10.3. The second-order valence-electron chi connectivity index (χ2n) is 4.33. The fourth-order valence-corrected chi connectivity index (χ4v) is 2.95. The maximum absolute atomic E-state index is 4.20. The lowest BCUT2D eigenvalue weighted by Gasteiger charge is -2.19. The highest BCUT2D eigenvalue weighted by Crippen LogP contribution is 2.34. The molecule has 0 bridgehead atoms. The van der Waals surface area contributed by atoms with Crippen molar-refractivity contribution in [3.8, 4) is 0 Å². The van der Waals surface area contributed by atoms with Crippen LogP contribution in [-0.2, 0) is 5.75 Å². The summed E-state index contributed by atoms with van der Waals surface area (Å²) in [7, 11) is 0. The minimum absolute atomic E-state index is 0.271. The zero-order valence-electron chi connectivity index (χ0n) is 9.91. The van der Waals surface area contributed by atoms with Crippen LogP contribution < -0.4 is 0 Å². The standard InChI is InChI=1S/C12H19NS2/c1-5-14-9-10-8-13-7-6-11(10)15-12(2,3)4/h6-8H,5,9H2,1-4H3. The summed E-state index contributed by atoms with van der Waals surface area (Å²) >= 11 is 3.87. The van der Waals surface area contributed by atoms with E-state index in [9.17, 15) is 0 Å². The molecule has 0 fully saturated rings. The maximum Gasteiger partial charge on any atom is 0.0319 e. The van der Waals surface area contributed by atoms with Crippen LogP contribution in [0, 0.1) is 0 Å². The Labute approximate surface area is 101 Å². The zero-order chi connectivity index (χ0) is 11.3. The highest BCUT2D eigenvalue weighted by atomic mass is 32.2. The van der Waals surface area contributed by atoms with Crippen molar-refractivity contribution in [2.75, 3.05) is 5.75 Å². The van der Waals surface area contributed by atoms with Gasteiger partial charge in [-0.25, -0.2) is 0 Å². The maximum atomic E-state index is 4.20. The molecule has 1 heterocycles. The average molecular weight is 241 g/mol. The van der Waals surface area contributed by atoms with Crippen LogP contribution in [0.5, 0.6) is 0 Å². The SMILES string of the molecule is CCSCc1cnccc1SC(C)(C)C. The zero-order valence-corrected chi connectivity index (χ0v) is 11.5. The molecule has 0 saturated heterocycles. The molecular formula is C12H19NS2. The molecule has 0 spiro atoms. The summed E-state index contributed by atoms with van der Waals surface area (Å²) in [5.74, 6) is 2.23. The van der Waals surface area contributed by atoms with Crippen LogP contribution in [0.1, 0.15) is 33.3 Å². The molecule has 0 amide bonds. The van der Waals surface area contributed by atoms with Crippen molar-refractivity contribution >= 4 is 23.5 Å². The summed E-state index contributed by atoms with van der Waals surface area (Å²) in [5, 5.41) is 0. The van der Waals surface area contributed by atoms with Gasteiger partial charge < -0.3 is 0 Å². The van der Waals surface area contributed by atoms with Crippen LogP contribution in [-0.4, -0.2) is 15.5 Å². The molecule has 0 aromatic carbocycles. The molecule has 0 aliphatic heterocycles. The van der Waals surface area contributed by atoms with E-state index in [1.807, 2.05) is 35.9 Å². The Kier molecular flexibility index (Phi) is 5.00. The van der Waals surface area contributed by atoms with E-state index in [0.717, 1.165) is 11.5 Å². The van der Waals surface area contributed by atoms with Gasteiger partial charge in [-0.15, -0.1) is 11.8 Å². The number of pyridine rings is 1. The lowest BCUT2D eigenvalue weighted by Crippen LogP contribution is -2.07. The molecule has 0 radical (unpaired) electrons. The van der Waals surface area contributed by atoms with Crippen LogP contribution in [0.3, 0.4) is 0 Å². The van der Waals surface area contributed by atoms with Gasteiger partial charge in [-0.1, -0.05) is 27.7 Å². The van der Waals surface area contributed by atoms with Gasteiger partial charge in [-0.3, -0.25) is 4.98 Å². The van der Waals surface area contributed by atoms with E-state index in [-0.39, 0.29) is 4.75 Å². The molecular weight excluding hydrogens is 222 g/mol. The predicted molar refractivity (Wildman–Crippen MR) is 71.7 cm³/mol. The third kappa shape index (κ3) is 4.94. The molecule has 0 aliphatic rings. The number of hydrogen-bond acceptors (Lipinski definition) is 3. The summed E-state index contributed by atoms with van der Waals surface area (Å²) in [5.41, 5.74) is 1.37. The largest absolute Gasteiger partial charge is 0.264 e. The Morgan fingerprint density at radius 2 is 2.07 bits per heavy atom. The van der Waals surface area contributed by atoms with Gasteiger partial charge in [0, 0.05) is 27.8 Å². The molecule has 0 N–H and O–H groups in total. The van der Waals surface area contributed by atoms with Gasteiger partial charge in [0.15, 0.2) is 0 Å². The van der Waals surface area contributed by atoms with Gasteiger partial charge in [-0.2, -0.15) is 11.8 Å². The predicted octanol–water partition coefficient (Wildman–Crippen LogP) is 4.23. The first-order valence-electron chi connectivity index (χ1n) is 5.22. The Morgan fingerprint density at radius 1 is 1.33 bits per heavy atom. The Bertz CT molecular complexity index is 305. The van der Waals surface area contributed by atoms with Gasteiger partial charge in [0.25, 0.3) is 0 Å². The molecule has 3 heteroatoms. The first kappa shape index (κ1) is 12.9. The Morgan fingerprint density at radius 3 is 2.67 bits per heavy atom. The average Bonchev–Trinajstić information content (AvgIpc) is 2.14. The molecule has 0 unspecified atom stereocenters. The van der Waals surface area contributed by atoms with E-state index in [1.165, 1.54) is 10.5 Å². The van der Waals surface area contributed by atoms with Gasteiger partial charge in [-0.05, 0) is 17.4 Å². The molecule has 0 atom stereocenters. The first-order chi connectivity index (χ1) is 7.03. The van der Waals surface area contributed by atoms with Crippen molar-refractivity contribution in [2.24, 2.45) is 0 Å². The Hall–Kier alpha value is -0.150. The van der Waals surface area contributed by atoms with Gasteiger partial charge in [0.05, 0.1) is 0 Å². The molecule has 0 aliphatic carbocycles. The summed E-state index contributed by atoms with van der Waals surface area (Å²) in [4.78, 5) is 5.58. The topological polar surface area (TPSA) is 12.9 Å². The van der Waals surface area contributed by atoms with Gasteiger partial charge in [0.1, 0.15) is 0 Å². The molecule has 1 aromatic heterocycles. The quantitative estimate of drug-likeness (QED) is 0.732. The summed E-state index contributed by atoms with van der Waals surface area (Å²) < 4.78 is 0.271. The van der Waals surface area contributed by atoms with Crippen LogP contribution >= 0.6 is 23.5 Å². The minimum Gasteiger partial charge on any atom is -0.264 e. The molecule has 1 rings (SSSR count). The van der Waals surface area contributed by atoms with Crippen LogP contribution in [0.2, 0.25) is 0 Å². The molecule has 1 nitrogen and oxygen atoms in total. The summed E-state index contributed by atoms with van der Waals surface area (Å²) in [6.07, 6.45) is 3.88. The summed E-state index contributed by atoms with van der Waals surface area (Å²) in [6.45, 7) is 8.93. The van der Waals surface area contributed by atoms with E-state index in [0.29, 0.717) is 0 Å². The fraction of sp³-hybridized carbons (Fsp3) is 0.583. The molecule has 15 heavy (non-hydrogen) atoms. The lowest BCUT2D eigenvalue weighted by molar-refractivity contribution is 0.802. The monoisotopic (exact) mass is 241 g/mol. The van der Waals surface area contributed by atoms with Crippen LogP contribution in [0.15, 0.2) is 23.4 Å². The van der Waals surface area contributed by atoms with E-state index in [2.05, 4.69) is 38.7 Å². The highest BCUT2D eigenvalue weighted by molar-refractivity contribution is 8.01. The van der Waals surface area contributed by atoms with Crippen molar-refractivity contribution in [3.05, 3.63) is 24.0 Å². The number of thioether (sulfide) groups is 2. The highest BCUT2D eigenvalue weighted by Gasteiger charge is 2.14. The van der Waals surface area contributed by atoms with E-state index < -0.39 is 0 Å². The van der Waals surface area contributed by atoms with E-state index in [4.69, 9.17) is 0 Å². The number of aromatic nitrogens is 1. The Balaban J connectivity index is 2.77. The van der Waals surface area contributed by atoms with Gasteiger partial charge in [0.2, 0.25) is 0 Å². The number of nitrogens with zero attached hydrogens (tertiary/aromatic N) is 1. The number of rotatable bonds is 4. The minimum atomic E-state index is 0.271. The molecule has 1 aromatic rings. The second-order valence-corrected chi connectivity index (χ2v) is 7.48. The smallest absolute Gasteiger partial charge is 0.0319 e. The third-order valence-electron chi connectivity index (χ3n) is 1.74. The van der Waals surface area contributed by atoms with E-state index in [1.54, 1.807) is 0 Å². The van der Waals surface area contributed by atoms with Crippen molar-refractivity contribution in [2.45, 2.75) is 43.1 Å². The molecule has 0 saturated carbocycles. The van der Waals surface area contributed by atoms with Crippen LogP contribution in [0.25, 0.3) is 0 Å². The van der Waals surface area contributed by atoms with Gasteiger partial charge >= 0.3 is 0 Å². The van der Waals surface area contributed by atoms with Crippen molar-refractivity contribution in [1.29, 1.82) is 0 Å². The van der Waals surface area contributed by atoms with Crippen molar-refractivity contribution in [1.82, 2.24) is 4.98 Å². The second kappa shape index (κ2) is 5.80.